The van der Waals surface area contributed by atoms with E-state index in [9.17, 15) is 15.4 Å². The van der Waals surface area contributed by atoms with Crippen LogP contribution >= 0.6 is 0 Å². The van der Waals surface area contributed by atoms with Crippen LogP contribution in [0.25, 0.3) is 10.9 Å². The summed E-state index contributed by atoms with van der Waals surface area (Å²) in [6.07, 6.45) is 1.10. The van der Waals surface area contributed by atoms with Crippen molar-refractivity contribution in [1.29, 1.82) is 5.26 Å². The molecule has 1 aromatic carbocycles. The number of nitro benzene ring substituents is 1. The van der Waals surface area contributed by atoms with Gasteiger partial charge in [0.25, 0.3) is 5.69 Å². The van der Waals surface area contributed by atoms with Gasteiger partial charge in [0, 0.05) is 30.1 Å². The summed E-state index contributed by atoms with van der Waals surface area (Å²) in [5.41, 5.74) is 1.02. The Hall–Kier alpha value is -2.68. The predicted octanol–water partition coefficient (Wildman–Crippen LogP) is 3.25. The number of benzene rings is 1. The monoisotopic (exact) mass is 296 g/mol. The number of aromatic nitrogens is 1. The third-order valence-corrected chi connectivity index (χ3v) is 4.54. The molecule has 2 heterocycles. The Kier molecular flexibility index (Phi) is 3.41. The molecule has 6 heteroatoms. The maximum absolute atomic E-state index is 10.9. The first kappa shape index (κ1) is 14.3. The van der Waals surface area contributed by atoms with Gasteiger partial charge in [0.1, 0.15) is 5.82 Å². The van der Waals surface area contributed by atoms with Crippen molar-refractivity contribution in [3.63, 3.8) is 0 Å². The maximum Gasteiger partial charge on any atom is 0.270 e. The molecule has 0 amide bonds. The van der Waals surface area contributed by atoms with Crippen LogP contribution in [0.3, 0.4) is 0 Å². The second-order valence-corrected chi connectivity index (χ2v) is 5.80. The highest BCUT2D eigenvalue weighted by molar-refractivity contribution is 5.88. The fourth-order valence-electron chi connectivity index (χ4n) is 2.97. The largest absolute Gasteiger partial charge is 0.354 e. The molecule has 1 aromatic heterocycles. The minimum Gasteiger partial charge on any atom is -0.354 e. The van der Waals surface area contributed by atoms with Crippen LogP contribution in [0.1, 0.15) is 25.8 Å². The third-order valence-electron chi connectivity index (χ3n) is 4.54. The van der Waals surface area contributed by atoms with Crippen LogP contribution in [0.4, 0.5) is 11.5 Å². The first-order valence-corrected chi connectivity index (χ1v) is 7.27. The average molecular weight is 296 g/mol. The Morgan fingerprint density at radius 2 is 2.18 bits per heavy atom. The number of pyridine rings is 1. The van der Waals surface area contributed by atoms with Crippen LogP contribution in [0, 0.1) is 27.4 Å². The number of hydrogen-bond donors (Lipinski definition) is 0. The molecule has 2 aromatic rings. The van der Waals surface area contributed by atoms with Gasteiger partial charge in [-0.05, 0) is 31.4 Å². The zero-order chi connectivity index (χ0) is 15.9. The van der Waals surface area contributed by atoms with E-state index in [0.717, 1.165) is 18.8 Å². The lowest BCUT2D eigenvalue weighted by Gasteiger charge is -2.25. The van der Waals surface area contributed by atoms with E-state index in [1.54, 1.807) is 12.1 Å². The first-order chi connectivity index (χ1) is 10.5. The van der Waals surface area contributed by atoms with Crippen molar-refractivity contribution in [3.8, 4) is 6.07 Å². The summed E-state index contributed by atoms with van der Waals surface area (Å²) in [7, 11) is 0. The van der Waals surface area contributed by atoms with Gasteiger partial charge in [-0.15, -0.1) is 0 Å². The van der Waals surface area contributed by atoms with Gasteiger partial charge < -0.3 is 4.90 Å². The number of anilines is 1. The highest BCUT2D eigenvalue weighted by Gasteiger charge is 2.28. The molecule has 6 nitrogen and oxygen atoms in total. The van der Waals surface area contributed by atoms with Crippen molar-refractivity contribution in [3.05, 3.63) is 39.9 Å². The van der Waals surface area contributed by atoms with Crippen molar-refractivity contribution in [2.45, 2.75) is 26.3 Å². The van der Waals surface area contributed by atoms with E-state index in [1.165, 1.54) is 12.1 Å². The molecule has 3 rings (SSSR count). The molecule has 1 fully saturated rings. The van der Waals surface area contributed by atoms with E-state index in [4.69, 9.17) is 0 Å². The summed E-state index contributed by atoms with van der Waals surface area (Å²) in [4.78, 5) is 17.2. The smallest absolute Gasteiger partial charge is 0.270 e. The highest BCUT2D eigenvalue weighted by atomic mass is 16.6. The molecule has 0 aliphatic carbocycles. The highest BCUT2D eigenvalue weighted by Crippen LogP contribution is 2.31. The summed E-state index contributed by atoms with van der Waals surface area (Å²) in [6.45, 7) is 5.28. The number of hydrogen-bond acceptors (Lipinski definition) is 5. The molecule has 0 spiro atoms. The summed E-state index contributed by atoms with van der Waals surface area (Å²) in [5.74, 6) is 1.36. The maximum atomic E-state index is 10.9. The SMILES string of the molecule is CC1CCN(c2cc(C#N)c3cc([N+](=O)[O-])ccc3n2)C1C. The van der Waals surface area contributed by atoms with Gasteiger partial charge in [0.2, 0.25) is 0 Å². The standard InChI is InChI=1S/C16H16N4O2/c1-10-5-6-19(11(10)2)16-7-12(9-17)14-8-13(20(21)22)3-4-15(14)18-16/h3-4,7-8,10-11H,5-6H2,1-2H3. The van der Waals surface area contributed by atoms with E-state index in [0.29, 0.717) is 28.4 Å². The van der Waals surface area contributed by atoms with Crippen LogP contribution in [-0.4, -0.2) is 22.5 Å². The van der Waals surface area contributed by atoms with Crippen molar-refractivity contribution < 1.29 is 4.92 Å². The van der Waals surface area contributed by atoms with Gasteiger partial charge in [-0.25, -0.2) is 4.98 Å². The summed E-state index contributed by atoms with van der Waals surface area (Å²) in [5, 5.41) is 20.8. The Balaban J connectivity index is 2.14. The lowest BCUT2D eigenvalue weighted by atomic mass is 10.0. The molecule has 0 radical (unpaired) electrons. The number of rotatable bonds is 2. The molecule has 0 N–H and O–H groups in total. The molecule has 22 heavy (non-hydrogen) atoms. The number of nitrogens with zero attached hydrogens (tertiary/aromatic N) is 4. The number of fused-ring (bicyclic) bond motifs is 1. The van der Waals surface area contributed by atoms with Crippen molar-refractivity contribution >= 4 is 22.4 Å². The van der Waals surface area contributed by atoms with Gasteiger partial charge in [0.15, 0.2) is 0 Å². The van der Waals surface area contributed by atoms with Crippen LogP contribution < -0.4 is 4.90 Å². The quantitative estimate of drug-likeness (QED) is 0.627. The second-order valence-electron chi connectivity index (χ2n) is 5.80. The normalized spacial score (nSPS) is 21.0. The fourth-order valence-corrected chi connectivity index (χ4v) is 2.97. The number of nitro groups is 1. The molecule has 1 saturated heterocycles. The zero-order valence-electron chi connectivity index (χ0n) is 12.5. The van der Waals surface area contributed by atoms with Gasteiger partial charge in [-0.2, -0.15) is 5.26 Å². The van der Waals surface area contributed by atoms with Gasteiger partial charge in [0.05, 0.1) is 22.1 Å². The molecular formula is C16H16N4O2. The van der Waals surface area contributed by atoms with E-state index in [-0.39, 0.29) is 5.69 Å². The Morgan fingerprint density at radius 1 is 1.41 bits per heavy atom. The number of non-ortho nitro benzene ring substituents is 1. The molecule has 2 atom stereocenters. The van der Waals surface area contributed by atoms with Crippen molar-refractivity contribution in [2.75, 3.05) is 11.4 Å². The summed E-state index contributed by atoms with van der Waals surface area (Å²) < 4.78 is 0. The molecule has 1 aliphatic heterocycles. The molecular weight excluding hydrogens is 280 g/mol. The van der Waals surface area contributed by atoms with Gasteiger partial charge in [-0.3, -0.25) is 10.1 Å². The summed E-state index contributed by atoms with van der Waals surface area (Å²) in [6, 6.07) is 8.70. The Labute approximate surface area is 128 Å². The third kappa shape index (κ3) is 2.25. The minimum atomic E-state index is -0.460. The first-order valence-electron chi connectivity index (χ1n) is 7.27. The van der Waals surface area contributed by atoms with Crippen LogP contribution in [0.2, 0.25) is 0 Å². The molecule has 112 valence electrons. The minimum absolute atomic E-state index is 0.0262. The predicted molar refractivity (Wildman–Crippen MR) is 83.7 cm³/mol. The van der Waals surface area contributed by atoms with Crippen LogP contribution in [0.15, 0.2) is 24.3 Å². The second kappa shape index (κ2) is 5.26. The van der Waals surface area contributed by atoms with E-state index in [1.807, 2.05) is 0 Å². The summed E-state index contributed by atoms with van der Waals surface area (Å²) >= 11 is 0. The Bertz CT molecular complexity index is 797. The van der Waals surface area contributed by atoms with E-state index in [2.05, 4.69) is 29.8 Å². The van der Waals surface area contributed by atoms with E-state index < -0.39 is 4.92 Å². The van der Waals surface area contributed by atoms with Crippen LogP contribution in [0.5, 0.6) is 0 Å². The average Bonchev–Trinajstić information content (AvgIpc) is 2.85. The van der Waals surface area contributed by atoms with Gasteiger partial charge >= 0.3 is 0 Å². The van der Waals surface area contributed by atoms with E-state index >= 15 is 0 Å². The van der Waals surface area contributed by atoms with Gasteiger partial charge in [-0.1, -0.05) is 6.92 Å². The molecule has 2 unspecified atom stereocenters. The molecule has 1 aliphatic rings. The zero-order valence-corrected chi connectivity index (χ0v) is 12.5. The molecule has 0 bridgehead atoms. The number of nitriles is 1. The lowest BCUT2D eigenvalue weighted by molar-refractivity contribution is -0.384. The molecule has 0 saturated carbocycles. The van der Waals surface area contributed by atoms with Crippen molar-refractivity contribution in [1.82, 2.24) is 4.98 Å². The lowest BCUT2D eigenvalue weighted by Crippen LogP contribution is -2.29. The van der Waals surface area contributed by atoms with Crippen LogP contribution in [-0.2, 0) is 0 Å². The fraction of sp³-hybridized carbons (Fsp3) is 0.375. The topological polar surface area (TPSA) is 83.1 Å². The van der Waals surface area contributed by atoms with Crippen molar-refractivity contribution in [2.24, 2.45) is 5.92 Å². The Morgan fingerprint density at radius 3 is 2.77 bits per heavy atom.